The van der Waals surface area contributed by atoms with Gasteiger partial charge in [-0.15, -0.1) is 13.2 Å². The summed E-state index contributed by atoms with van der Waals surface area (Å²) in [6.45, 7) is 7.44. The van der Waals surface area contributed by atoms with Crippen molar-refractivity contribution in [3.63, 3.8) is 0 Å². The maximum Gasteiger partial charge on any atom is 0.578 e. The molecule has 4 nitrogen and oxygen atoms in total. The zero-order valence-electron chi connectivity index (χ0n) is 13.7. The molecule has 130 valence electrons. The highest BCUT2D eigenvalue weighted by molar-refractivity contribution is 7.92. The van der Waals surface area contributed by atoms with Crippen LogP contribution in [0.25, 0.3) is 10.9 Å². The van der Waals surface area contributed by atoms with Crippen molar-refractivity contribution in [3.8, 4) is 0 Å². The van der Waals surface area contributed by atoms with Crippen LogP contribution >= 0.6 is 0 Å². The summed E-state index contributed by atoms with van der Waals surface area (Å²) in [4.78, 5) is 2.43. The van der Waals surface area contributed by atoms with Crippen LogP contribution in [0, 0.1) is 0 Å². The summed E-state index contributed by atoms with van der Waals surface area (Å²) >= 11 is -3.14. The highest BCUT2D eigenvalue weighted by atomic mass is 32.2. The van der Waals surface area contributed by atoms with Crippen molar-refractivity contribution in [2.75, 3.05) is 0 Å². The summed E-state index contributed by atoms with van der Waals surface area (Å²) < 4.78 is 62.5. The van der Waals surface area contributed by atoms with Gasteiger partial charge in [-0.25, -0.2) is 0 Å². The van der Waals surface area contributed by atoms with Gasteiger partial charge in [-0.3, -0.25) is 0 Å². The minimum atomic E-state index is -4.84. The Morgan fingerprint density at radius 2 is 1.71 bits per heavy atom. The minimum absolute atomic E-state index is 0.228. The molecule has 1 aliphatic rings. The lowest BCUT2D eigenvalue weighted by atomic mass is 9.77. The Hall–Kier alpha value is -1.16. The number of rotatable bonds is 2. The maximum absolute atomic E-state index is 12.9. The van der Waals surface area contributed by atoms with Gasteiger partial charge in [-0.05, 0) is 39.2 Å². The number of alkyl halides is 3. The normalized spacial score (nSPS) is 21.4. The zero-order chi connectivity index (χ0) is 17.9. The molecule has 1 aromatic heterocycles. The van der Waals surface area contributed by atoms with Gasteiger partial charge >= 0.3 is 12.6 Å². The fourth-order valence-electron chi connectivity index (χ4n) is 2.62. The molecule has 0 saturated carbocycles. The second-order valence-corrected chi connectivity index (χ2v) is 8.17. The van der Waals surface area contributed by atoms with Crippen LogP contribution in [0.3, 0.4) is 0 Å². The Bertz CT molecular complexity index is 759. The predicted octanol–water partition coefficient (Wildman–Crippen LogP) is 3.09. The first-order valence-electron chi connectivity index (χ1n) is 7.38. The van der Waals surface area contributed by atoms with Crippen LogP contribution in [0.5, 0.6) is 0 Å². The Morgan fingerprint density at radius 1 is 1.12 bits per heavy atom. The van der Waals surface area contributed by atoms with Crippen LogP contribution in [0.4, 0.5) is 13.2 Å². The van der Waals surface area contributed by atoms with Gasteiger partial charge in [0.05, 0.1) is 28.3 Å². The summed E-state index contributed by atoms with van der Waals surface area (Å²) in [7, 11) is -0.835. The third-order valence-electron chi connectivity index (χ3n) is 4.62. The summed E-state index contributed by atoms with van der Waals surface area (Å²) in [6.07, 6.45) is 1.13. The number of aromatic amines is 1. The lowest BCUT2D eigenvalue weighted by Gasteiger charge is -2.32. The summed E-state index contributed by atoms with van der Waals surface area (Å²) in [5, 5.41) is 0.228. The molecule has 24 heavy (non-hydrogen) atoms. The topological polar surface area (TPSA) is 57.3 Å². The van der Waals surface area contributed by atoms with E-state index >= 15 is 0 Å². The van der Waals surface area contributed by atoms with Crippen LogP contribution in [-0.4, -0.2) is 33.4 Å². The van der Waals surface area contributed by atoms with Gasteiger partial charge in [0.15, 0.2) is 4.90 Å². The quantitative estimate of drug-likeness (QED) is 0.662. The number of aromatic nitrogens is 1. The van der Waals surface area contributed by atoms with Crippen molar-refractivity contribution >= 4 is 34.7 Å². The number of halogens is 3. The smallest absolute Gasteiger partial charge is 0.578 e. The van der Waals surface area contributed by atoms with E-state index in [2.05, 4.69) is 4.98 Å². The number of nitrogens with one attached hydrogen (secondary N) is 1. The molecule has 1 aliphatic heterocycles. The molecule has 0 amide bonds. The molecule has 1 N–H and O–H groups in total. The van der Waals surface area contributed by atoms with E-state index in [9.17, 15) is 17.7 Å². The van der Waals surface area contributed by atoms with Crippen LogP contribution < -0.4 is 5.46 Å². The van der Waals surface area contributed by atoms with Crippen molar-refractivity contribution < 1.29 is 27.0 Å². The van der Waals surface area contributed by atoms with E-state index in [4.69, 9.17) is 9.31 Å². The number of benzene rings is 1. The van der Waals surface area contributed by atoms with Gasteiger partial charge in [0, 0.05) is 0 Å². The summed E-state index contributed by atoms with van der Waals surface area (Å²) in [5.74, 6) is 0. The van der Waals surface area contributed by atoms with Gasteiger partial charge < -0.3 is 18.8 Å². The average molecular weight is 359 g/mol. The van der Waals surface area contributed by atoms with E-state index in [1.54, 1.807) is 18.2 Å². The van der Waals surface area contributed by atoms with E-state index in [1.165, 1.54) is 0 Å². The SMILES string of the molecule is CC1(C)OB(c2cccc3[nH]cc([S+]([O-])C(F)(F)F)c23)OC1(C)C. The predicted molar refractivity (Wildman–Crippen MR) is 86.5 cm³/mol. The van der Waals surface area contributed by atoms with Gasteiger partial charge in [0.2, 0.25) is 0 Å². The first kappa shape index (κ1) is 17.7. The molecule has 1 atom stereocenters. The molecule has 1 fully saturated rings. The third-order valence-corrected chi connectivity index (χ3v) is 5.76. The van der Waals surface area contributed by atoms with Crippen LogP contribution in [0.15, 0.2) is 29.3 Å². The summed E-state index contributed by atoms with van der Waals surface area (Å²) in [6, 6.07) is 4.95. The zero-order valence-corrected chi connectivity index (χ0v) is 14.5. The molecule has 2 heterocycles. The molecule has 3 rings (SSSR count). The number of hydrogen-bond donors (Lipinski definition) is 1. The van der Waals surface area contributed by atoms with Gasteiger partial charge in [0.25, 0.3) is 0 Å². The van der Waals surface area contributed by atoms with E-state index in [-0.39, 0.29) is 10.3 Å². The summed E-state index contributed by atoms with van der Waals surface area (Å²) in [5.41, 5.74) is -5.20. The Morgan fingerprint density at radius 3 is 2.25 bits per heavy atom. The van der Waals surface area contributed by atoms with E-state index in [1.807, 2.05) is 27.7 Å². The third kappa shape index (κ3) is 2.73. The van der Waals surface area contributed by atoms with Crippen molar-refractivity contribution in [1.82, 2.24) is 4.98 Å². The lowest BCUT2D eigenvalue weighted by molar-refractivity contribution is -0.0434. The molecular weight excluding hydrogens is 342 g/mol. The fraction of sp³-hybridized carbons (Fsp3) is 0.467. The molecule has 1 unspecified atom stereocenters. The van der Waals surface area contributed by atoms with Crippen LogP contribution in [-0.2, 0) is 20.5 Å². The first-order valence-corrected chi connectivity index (χ1v) is 8.53. The Kier molecular flexibility index (Phi) is 3.99. The lowest BCUT2D eigenvalue weighted by Crippen LogP contribution is -2.41. The van der Waals surface area contributed by atoms with Crippen LogP contribution in [0.2, 0.25) is 0 Å². The second kappa shape index (κ2) is 5.42. The van der Waals surface area contributed by atoms with E-state index in [0.717, 1.165) is 6.20 Å². The van der Waals surface area contributed by atoms with Gasteiger partial charge in [-0.1, -0.05) is 12.1 Å². The molecule has 2 aromatic rings. The molecular formula is C15H17BF3NO3S. The fourth-order valence-corrected chi connectivity index (χ4v) is 3.45. The Balaban J connectivity index is 2.12. The molecule has 0 radical (unpaired) electrons. The van der Waals surface area contributed by atoms with E-state index in [0.29, 0.717) is 11.0 Å². The minimum Gasteiger partial charge on any atom is -0.604 e. The highest BCUT2D eigenvalue weighted by Crippen LogP contribution is 2.38. The number of hydrogen-bond acceptors (Lipinski definition) is 3. The second-order valence-electron chi connectivity index (χ2n) is 6.73. The standard InChI is InChI=1S/C15H17BF3NO3S/c1-13(2)14(3,4)23-16(22-13)9-6-5-7-10-12(9)11(8-20-10)24(21)15(17,18)19/h5-8,20H,1-4H3. The largest absolute Gasteiger partial charge is 0.604 e. The average Bonchev–Trinajstić information content (AvgIpc) is 2.95. The monoisotopic (exact) mass is 359 g/mol. The maximum atomic E-state index is 12.9. The molecule has 1 aromatic carbocycles. The van der Waals surface area contributed by atoms with Crippen molar-refractivity contribution in [1.29, 1.82) is 0 Å². The molecule has 1 saturated heterocycles. The van der Waals surface area contributed by atoms with Gasteiger partial charge in [-0.2, -0.15) is 0 Å². The van der Waals surface area contributed by atoms with Gasteiger partial charge in [0.1, 0.15) is 11.2 Å². The Labute approximate surface area is 141 Å². The first-order chi connectivity index (χ1) is 10.9. The molecule has 0 bridgehead atoms. The highest BCUT2D eigenvalue weighted by Gasteiger charge is 2.53. The molecule has 0 aliphatic carbocycles. The number of H-pyrrole nitrogens is 1. The molecule has 9 heteroatoms. The molecule has 0 spiro atoms. The van der Waals surface area contributed by atoms with Crippen LogP contribution in [0.1, 0.15) is 27.7 Å². The van der Waals surface area contributed by atoms with Crippen molar-refractivity contribution in [2.24, 2.45) is 0 Å². The van der Waals surface area contributed by atoms with Crippen molar-refractivity contribution in [3.05, 3.63) is 24.4 Å². The number of fused-ring (bicyclic) bond motifs is 1. The van der Waals surface area contributed by atoms with E-state index < -0.39 is 35.0 Å². The van der Waals surface area contributed by atoms with Crippen molar-refractivity contribution in [2.45, 2.75) is 49.3 Å².